The van der Waals surface area contributed by atoms with Gasteiger partial charge in [-0.3, -0.25) is 13.8 Å². The first-order valence-corrected chi connectivity index (χ1v) is 15.2. The van der Waals surface area contributed by atoms with Crippen molar-refractivity contribution in [3.8, 4) is 0 Å². The molecule has 3 atom stereocenters. The first-order valence-electron chi connectivity index (χ1n) is 12.7. The molecule has 10 heteroatoms. The highest BCUT2D eigenvalue weighted by molar-refractivity contribution is 7.99. The maximum Gasteiger partial charge on any atom is 0.472 e. The Morgan fingerprint density at radius 2 is 1.39 bits per heavy atom. The van der Waals surface area contributed by atoms with E-state index in [1.165, 1.54) is 82.4 Å². The summed E-state index contributed by atoms with van der Waals surface area (Å²) in [5, 5.41) is 18.0. The smallest absolute Gasteiger partial charge is 0.472 e. The molecule has 0 aliphatic carbocycles. The van der Waals surface area contributed by atoms with Crippen LogP contribution in [-0.4, -0.2) is 51.5 Å². The highest BCUT2D eigenvalue weighted by Gasteiger charge is 2.22. The third-order valence-corrected chi connectivity index (χ3v) is 7.55. The lowest BCUT2D eigenvalue weighted by Gasteiger charge is -2.16. The van der Waals surface area contributed by atoms with Gasteiger partial charge in [-0.15, -0.1) is 11.8 Å². The van der Waals surface area contributed by atoms with Crippen LogP contribution in [0.5, 0.6) is 0 Å². The van der Waals surface area contributed by atoms with Gasteiger partial charge in [0.25, 0.3) is 0 Å². The molecule has 0 fully saturated rings. The van der Waals surface area contributed by atoms with Crippen molar-refractivity contribution >= 4 is 25.6 Å². The van der Waals surface area contributed by atoms with Crippen molar-refractivity contribution in [2.24, 2.45) is 5.73 Å². The number of rotatable bonds is 25. The Bertz CT molecular complexity index is 513. The molecule has 198 valence electrons. The van der Waals surface area contributed by atoms with E-state index in [0.29, 0.717) is 6.42 Å². The van der Waals surface area contributed by atoms with Crippen molar-refractivity contribution in [2.75, 3.05) is 19.0 Å². The number of carbonyl (C=O) groups is 1. The van der Waals surface area contributed by atoms with Crippen molar-refractivity contribution in [3.05, 3.63) is 0 Å². The Labute approximate surface area is 205 Å². The number of nitrogens with two attached hydrogens (primary N) is 1. The number of phosphoric acid groups is 1. The van der Waals surface area contributed by atoms with Crippen molar-refractivity contribution in [1.29, 1.82) is 0 Å². The fraction of sp³-hybridized carbons (Fsp3) is 0.957. The predicted molar refractivity (Wildman–Crippen MR) is 135 cm³/mol. The summed E-state index contributed by atoms with van der Waals surface area (Å²) in [6.45, 7) is 2.05. The topological polar surface area (TPSA) is 139 Å². The van der Waals surface area contributed by atoms with Gasteiger partial charge in [-0.05, 0) is 12.8 Å². The summed E-state index contributed by atoms with van der Waals surface area (Å²) < 4.78 is 21.7. The summed E-state index contributed by atoms with van der Waals surface area (Å²) in [7, 11) is -4.18. The lowest BCUT2D eigenvalue weighted by Crippen LogP contribution is -2.23. The zero-order chi connectivity index (χ0) is 24.8. The van der Waals surface area contributed by atoms with Crippen molar-refractivity contribution in [3.63, 3.8) is 0 Å². The fourth-order valence-corrected chi connectivity index (χ4v) is 4.97. The van der Waals surface area contributed by atoms with E-state index in [-0.39, 0.29) is 31.8 Å². The summed E-state index contributed by atoms with van der Waals surface area (Å²) in [5.74, 6) is -0.744. The Hall–Kier alpha value is -0.150. The van der Waals surface area contributed by atoms with Crippen molar-refractivity contribution in [2.45, 2.75) is 121 Å². The van der Waals surface area contributed by atoms with Crippen LogP contribution in [0.25, 0.3) is 0 Å². The summed E-state index contributed by atoms with van der Waals surface area (Å²) in [5.41, 5.74) is 5.74. The van der Waals surface area contributed by atoms with Crippen LogP contribution >= 0.6 is 19.6 Å². The Kier molecular flexibility index (Phi) is 22.2. The third-order valence-electron chi connectivity index (χ3n) is 5.33. The van der Waals surface area contributed by atoms with Crippen LogP contribution in [0.4, 0.5) is 0 Å². The van der Waals surface area contributed by atoms with E-state index in [9.17, 15) is 19.4 Å². The molecule has 0 bridgehead atoms. The monoisotopic (exact) mass is 513 g/mol. The number of aliphatic hydroxyl groups is 1. The maximum atomic E-state index is 11.9. The summed E-state index contributed by atoms with van der Waals surface area (Å²) in [6.07, 6.45) is 16.5. The first-order chi connectivity index (χ1) is 15.8. The van der Waals surface area contributed by atoms with Crippen LogP contribution in [-0.2, 0) is 18.4 Å². The van der Waals surface area contributed by atoms with Gasteiger partial charge in [0.15, 0.2) is 0 Å². The summed E-state index contributed by atoms with van der Waals surface area (Å²) in [6, 6.07) is 0. The van der Waals surface area contributed by atoms with Gasteiger partial charge in [0.05, 0.1) is 24.7 Å². The molecule has 8 nitrogen and oxygen atoms in total. The second-order valence-corrected chi connectivity index (χ2v) is 11.4. The molecule has 0 aliphatic rings. The Morgan fingerprint density at radius 1 is 0.909 bits per heavy atom. The average molecular weight is 514 g/mol. The second-order valence-electron chi connectivity index (χ2n) is 8.65. The van der Waals surface area contributed by atoms with Gasteiger partial charge in [-0.2, -0.15) is 0 Å². The zero-order valence-electron chi connectivity index (χ0n) is 20.5. The van der Waals surface area contributed by atoms with Gasteiger partial charge in [-0.1, -0.05) is 90.4 Å². The number of thioether (sulfide) groups is 1. The molecule has 0 rings (SSSR count). The van der Waals surface area contributed by atoms with Crippen LogP contribution in [0, 0.1) is 0 Å². The van der Waals surface area contributed by atoms with E-state index in [4.69, 9.17) is 19.9 Å². The number of carboxylic acid groups (broad SMARTS) is 1. The number of carboxylic acids is 1. The van der Waals surface area contributed by atoms with Crippen LogP contribution < -0.4 is 5.73 Å². The molecule has 0 saturated heterocycles. The lowest BCUT2D eigenvalue weighted by molar-refractivity contribution is -0.137. The normalized spacial score (nSPS) is 15.3. The van der Waals surface area contributed by atoms with Gasteiger partial charge < -0.3 is 20.8 Å². The molecule has 33 heavy (non-hydrogen) atoms. The highest BCUT2D eigenvalue weighted by Crippen LogP contribution is 2.43. The molecular formula is C23H48NO7PS. The number of hydrogen-bond donors (Lipinski definition) is 4. The standard InChI is InChI=1S/C23H48NO7PS/c1-2-3-4-5-6-7-8-9-10-11-12-13-14-15-18-30-32(28,29)31-19-21(25)20-33-22(24)16-17-23(26)27/h21-22,25H,2-20,24H2,1H3,(H,26,27)(H,28,29). The molecule has 0 aromatic heterocycles. The number of unbranched alkanes of at least 4 members (excludes halogenated alkanes) is 13. The minimum atomic E-state index is -4.18. The van der Waals surface area contributed by atoms with E-state index in [1.807, 2.05) is 0 Å². The molecule has 0 radical (unpaired) electrons. The van der Waals surface area contributed by atoms with E-state index in [2.05, 4.69) is 6.92 Å². The molecule has 0 aromatic rings. The predicted octanol–water partition coefficient (Wildman–Crippen LogP) is 5.85. The highest BCUT2D eigenvalue weighted by atomic mass is 32.2. The van der Waals surface area contributed by atoms with Gasteiger partial charge in [0.1, 0.15) is 0 Å². The Balaban J connectivity index is 3.52. The van der Waals surface area contributed by atoms with Gasteiger partial charge in [-0.25, -0.2) is 4.57 Å². The number of aliphatic hydroxyl groups excluding tert-OH is 1. The molecular weight excluding hydrogens is 465 g/mol. The molecule has 0 aliphatic heterocycles. The number of aliphatic carboxylic acids is 1. The largest absolute Gasteiger partial charge is 0.481 e. The third kappa shape index (κ3) is 24.8. The zero-order valence-corrected chi connectivity index (χ0v) is 22.2. The van der Waals surface area contributed by atoms with E-state index in [1.54, 1.807) is 0 Å². The number of hydrogen-bond acceptors (Lipinski definition) is 7. The molecule has 0 saturated carbocycles. The molecule has 0 spiro atoms. The van der Waals surface area contributed by atoms with Crippen LogP contribution in [0.3, 0.4) is 0 Å². The number of phosphoric ester groups is 1. The fourth-order valence-electron chi connectivity index (χ4n) is 3.33. The molecule has 0 aromatic carbocycles. The SMILES string of the molecule is CCCCCCCCCCCCCCCCOP(=O)(O)OCC(O)CSC(N)CCC(=O)O. The maximum absolute atomic E-state index is 11.9. The Morgan fingerprint density at radius 3 is 1.88 bits per heavy atom. The molecule has 0 amide bonds. The van der Waals surface area contributed by atoms with Crippen LogP contribution in [0.1, 0.15) is 110 Å². The quantitative estimate of drug-likeness (QED) is 0.0672. The van der Waals surface area contributed by atoms with E-state index < -0.39 is 25.3 Å². The summed E-state index contributed by atoms with van der Waals surface area (Å²) >= 11 is 1.19. The van der Waals surface area contributed by atoms with Crippen LogP contribution in [0.2, 0.25) is 0 Å². The molecule has 3 unspecified atom stereocenters. The van der Waals surface area contributed by atoms with Crippen molar-refractivity contribution < 1.29 is 33.5 Å². The second kappa shape index (κ2) is 22.3. The van der Waals surface area contributed by atoms with Crippen LogP contribution in [0.15, 0.2) is 0 Å². The minimum absolute atomic E-state index is 0.0420. The summed E-state index contributed by atoms with van der Waals surface area (Å²) in [4.78, 5) is 20.2. The molecule has 5 N–H and O–H groups in total. The van der Waals surface area contributed by atoms with E-state index >= 15 is 0 Å². The average Bonchev–Trinajstić information content (AvgIpc) is 2.77. The van der Waals surface area contributed by atoms with Gasteiger partial charge in [0, 0.05) is 12.2 Å². The van der Waals surface area contributed by atoms with Gasteiger partial charge >= 0.3 is 13.8 Å². The molecule has 0 heterocycles. The minimum Gasteiger partial charge on any atom is -0.481 e. The van der Waals surface area contributed by atoms with Gasteiger partial charge in [0.2, 0.25) is 0 Å². The van der Waals surface area contributed by atoms with E-state index in [0.717, 1.165) is 12.8 Å². The first kappa shape index (κ1) is 32.8. The lowest BCUT2D eigenvalue weighted by atomic mass is 10.0. The van der Waals surface area contributed by atoms with Crippen molar-refractivity contribution in [1.82, 2.24) is 0 Å².